The van der Waals surface area contributed by atoms with Gasteiger partial charge in [0.1, 0.15) is 5.75 Å². The van der Waals surface area contributed by atoms with Crippen LogP contribution in [0, 0.1) is 11.6 Å². The number of benzene rings is 1. The van der Waals surface area contributed by atoms with Crippen LogP contribution in [-0.4, -0.2) is 19.3 Å². The van der Waals surface area contributed by atoms with Crippen molar-refractivity contribution in [1.82, 2.24) is 0 Å². The number of hydrogen-bond donors (Lipinski definition) is 1. The van der Waals surface area contributed by atoms with Crippen molar-refractivity contribution < 1.29 is 23.2 Å². The Hall–Kier alpha value is -1.30. The minimum absolute atomic E-state index is 0.142. The summed E-state index contributed by atoms with van der Waals surface area (Å²) in [4.78, 5) is 0. The maximum atomic E-state index is 13.4. The standard InChI is InChI=1S/C10H13BF2O3/c1-2-3-6-15-7-4-5-8(16-11-14)10(13)9(7)12/h4-5,11,14H,2-3,6H2,1H3. The lowest BCUT2D eigenvalue weighted by molar-refractivity contribution is 0.286. The second kappa shape index (κ2) is 6.32. The highest BCUT2D eigenvalue weighted by Gasteiger charge is 2.15. The maximum absolute atomic E-state index is 13.4. The molecule has 16 heavy (non-hydrogen) atoms. The molecule has 0 radical (unpaired) electrons. The Morgan fingerprint density at radius 2 is 1.88 bits per heavy atom. The molecule has 0 spiro atoms. The molecule has 0 saturated heterocycles. The second-order valence-corrected chi connectivity index (χ2v) is 3.17. The molecule has 0 heterocycles. The summed E-state index contributed by atoms with van der Waals surface area (Å²) in [5.41, 5.74) is 0. The van der Waals surface area contributed by atoms with E-state index in [-0.39, 0.29) is 11.5 Å². The lowest BCUT2D eigenvalue weighted by Crippen LogP contribution is -2.05. The van der Waals surface area contributed by atoms with Gasteiger partial charge in [-0.05, 0) is 18.6 Å². The van der Waals surface area contributed by atoms with Crippen molar-refractivity contribution in [2.45, 2.75) is 19.8 Å². The average molecular weight is 230 g/mol. The molecule has 0 saturated carbocycles. The molecule has 0 unspecified atom stereocenters. The van der Waals surface area contributed by atoms with Crippen molar-refractivity contribution in [3.63, 3.8) is 0 Å². The fraction of sp³-hybridized carbons (Fsp3) is 0.400. The van der Waals surface area contributed by atoms with Crippen molar-refractivity contribution in [2.75, 3.05) is 6.61 Å². The minimum Gasteiger partial charge on any atom is -0.537 e. The van der Waals surface area contributed by atoms with Gasteiger partial charge in [-0.1, -0.05) is 13.3 Å². The number of unbranched alkanes of at least 4 members (excludes halogenated alkanes) is 1. The average Bonchev–Trinajstić information content (AvgIpc) is 2.28. The first-order valence-corrected chi connectivity index (χ1v) is 5.05. The highest BCUT2D eigenvalue weighted by Crippen LogP contribution is 2.27. The quantitative estimate of drug-likeness (QED) is 0.597. The van der Waals surface area contributed by atoms with E-state index in [9.17, 15) is 8.78 Å². The molecule has 88 valence electrons. The lowest BCUT2D eigenvalue weighted by Gasteiger charge is -2.09. The molecule has 1 rings (SSSR count). The molecule has 0 aliphatic heterocycles. The molecule has 6 heteroatoms. The normalized spacial score (nSPS) is 10.0. The third-order valence-corrected chi connectivity index (χ3v) is 1.99. The predicted molar refractivity (Wildman–Crippen MR) is 56.8 cm³/mol. The van der Waals surface area contributed by atoms with Crippen LogP contribution in [-0.2, 0) is 0 Å². The van der Waals surface area contributed by atoms with Gasteiger partial charge in [-0.15, -0.1) is 0 Å². The zero-order valence-corrected chi connectivity index (χ0v) is 9.00. The Labute approximate surface area is 93.3 Å². The van der Waals surface area contributed by atoms with E-state index in [2.05, 4.69) is 4.65 Å². The van der Waals surface area contributed by atoms with Gasteiger partial charge in [-0.3, -0.25) is 0 Å². The Morgan fingerprint density at radius 1 is 1.25 bits per heavy atom. The van der Waals surface area contributed by atoms with Gasteiger partial charge >= 0.3 is 7.69 Å². The summed E-state index contributed by atoms with van der Waals surface area (Å²) in [6.07, 6.45) is 1.69. The molecule has 1 N–H and O–H groups in total. The molecule has 0 atom stereocenters. The van der Waals surface area contributed by atoms with Crippen LogP contribution in [0.3, 0.4) is 0 Å². The molecule has 0 amide bonds. The Kier molecular flexibility index (Phi) is 5.05. The summed E-state index contributed by atoms with van der Waals surface area (Å²) >= 11 is 0. The van der Waals surface area contributed by atoms with Gasteiger partial charge < -0.3 is 14.4 Å². The summed E-state index contributed by atoms with van der Waals surface area (Å²) in [6, 6.07) is 2.50. The molecule has 0 bridgehead atoms. The van der Waals surface area contributed by atoms with Crippen molar-refractivity contribution in [3.8, 4) is 11.5 Å². The van der Waals surface area contributed by atoms with Crippen molar-refractivity contribution in [3.05, 3.63) is 23.8 Å². The van der Waals surface area contributed by atoms with Gasteiger partial charge in [0.2, 0.25) is 11.6 Å². The summed E-state index contributed by atoms with van der Waals surface area (Å²) in [5.74, 6) is -2.72. The Balaban J connectivity index is 2.76. The van der Waals surface area contributed by atoms with E-state index in [1.165, 1.54) is 12.1 Å². The van der Waals surface area contributed by atoms with Crippen molar-refractivity contribution in [1.29, 1.82) is 0 Å². The minimum atomic E-state index is -1.15. The summed E-state index contributed by atoms with van der Waals surface area (Å²) in [6.45, 7) is 2.31. The largest absolute Gasteiger partial charge is 0.537 e. The first kappa shape index (κ1) is 12.8. The topological polar surface area (TPSA) is 38.7 Å². The third-order valence-electron chi connectivity index (χ3n) is 1.99. The number of hydrogen-bond acceptors (Lipinski definition) is 3. The number of ether oxygens (including phenoxy) is 1. The highest BCUT2D eigenvalue weighted by atomic mass is 19.2. The SMILES string of the molecule is CCCCOc1ccc(OBO)c(F)c1F. The summed E-state index contributed by atoms with van der Waals surface area (Å²) in [7, 11) is -0.702. The molecule has 1 aromatic carbocycles. The zero-order valence-electron chi connectivity index (χ0n) is 9.00. The smallest absolute Gasteiger partial charge is 0.504 e. The van der Waals surface area contributed by atoms with Gasteiger partial charge in [-0.2, -0.15) is 8.78 Å². The molecule has 3 nitrogen and oxygen atoms in total. The fourth-order valence-electron chi connectivity index (χ4n) is 1.13. The van der Waals surface area contributed by atoms with E-state index in [1.54, 1.807) is 0 Å². The molecule has 0 fully saturated rings. The van der Waals surface area contributed by atoms with Gasteiger partial charge in [0, 0.05) is 0 Å². The van der Waals surface area contributed by atoms with E-state index in [0.29, 0.717) is 6.61 Å². The molecule has 1 aromatic rings. The second-order valence-electron chi connectivity index (χ2n) is 3.17. The van der Waals surface area contributed by atoms with Crippen LogP contribution in [0.2, 0.25) is 0 Å². The molecule has 0 aromatic heterocycles. The highest BCUT2D eigenvalue weighted by molar-refractivity contribution is 6.17. The first-order valence-electron chi connectivity index (χ1n) is 5.05. The molecule has 0 aliphatic rings. The Morgan fingerprint density at radius 3 is 2.50 bits per heavy atom. The number of rotatable bonds is 6. The Bertz CT molecular complexity index is 347. The zero-order chi connectivity index (χ0) is 12.0. The first-order chi connectivity index (χ1) is 7.70. The van der Waals surface area contributed by atoms with Crippen LogP contribution in [0.15, 0.2) is 12.1 Å². The van der Waals surface area contributed by atoms with E-state index < -0.39 is 19.3 Å². The van der Waals surface area contributed by atoms with Gasteiger partial charge in [0.05, 0.1) is 6.61 Å². The van der Waals surface area contributed by atoms with E-state index in [4.69, 9.17) is 9.76 Å². The van der Waals surface area contributed by atoms with Gasteiger partial charge in [0.15, 0.2) is 5.75 Å². The third kappa shape index (κ3) is 3.10. The van der Waals surface area contributed by atoms with Crippen LogP contribution < -0.4 is 9.39 Å². The van der Waals surface area contributed by atoms with Crippen LogP contribution in [0.25, 0.3) is 0 Å². The van der Waals surface area contributed by atoms with Crippen LogP contribution >= 0.6 is 0 Å². The van der Waals surface area contributed by atoms with Crippen LogP contribution in [0.5, 0.6) is 11.5 Å². The number of halogens is 2. The molecular weight excluding hydrogens is 217 g/mol. The summed E-state index contributed by atoms with van der Waals surface area (Å²) in [5, 5.41) is 8.44. The molecular formula is C10H13BF2O3. The summed E-state index contributed by atoms with van der Waals surface area (Å²) < 4.78 is 36.2. The monoisotopic (exact) mass is 230 g/mol. The van der Waals surface area contributed by atoms with E-state index in [1.807, 2.05) is 6.92 Å². The van der Waals surface area contributed by atoms with E-state index >= 15 is 0 Å². The molecule has 0 aliphatic carbocycles. The lowest BCUT2D eigenvalue weighted by atomic mass is 10.2. The van der Waals surface area contributed by atoms with Crippen molar-refractivity contribution >= 4 is 7.69 Å². The van der Waals surface area contributed by atoms with Crippen LogP contribution in [0.1, 0.15) is 19.8 Å². The fourth-order valence-corrected chi connectivity index (χ4v) is 1.13. The van der Waals surface area contributed by atoms with Crippen LogP contribution in [0.4, 0.5) is 8.78 Å². The maximum Gasteiger partial charge on any atom is 0.504 e. The van der Waals surface area contributed by atoms with Gasteiger partial charge in [0.25, 0.3) is 0 Å². The van der Waals surface area contributed by atoms with Gasteiger partial charge in [-0.25, -0.2) is 0 Å². The predicted octanol–water partition coefficient (Wildman–Crippen LogP) is 1.78. The van der Waals surface area contributed by atoms with Crippen molar-refractivity contribution in [2.24, 2.45) is 0 Å². The van der Waals surface area contributed by atoms with E-state index in [0.717, 1.165) is 12.8 Å².